The van der Waals surface area contributed by atoms with Crippen LogP contribution in [0.15, 0.2) is 42.5 Å². The molecular formula is C28H34Cl2N2O3. The standard InChI is InChI=1S/C28H34Cl2N2O3/c1-20(2)32-18-19-35-24-12-4-3-8-21(24)9-5-6-13-28(27(32)34)14-16-31(17-15-28)26(33)25-22(29)10-7-11-23(25)30/h3-4,7-8,10-12,20H,5-6,9,13-19H2,1-2H3. The third-order valence-corrected chi connectivity index (χ3v) is 8.07. The number of fused-ring (bicyclic) bond motifs is 1. The zero-order chi connectivity index (χ0) is 25.0. The Hall–Kier alpha value is -2.24. The van der Waals surface area contributed by atoms with Gasteiger partial charge in [-0.15, -0.1) is 0 Å². The van der Waals surface area contributed by atoms with E-state index in [0.717, 1.165) is 31.4 Å². The van der Waals surface area contributed by atoms with E-state index in [1.54, 1.807) is 23.1 Å². The highest BCUT2D eigenvalue weighted by Gasteiger charge is 2.44. The Kier molecular flexibility index (Phi) is 8.28. The number of carbonyl (C=O) groups is 2. The average molecular weight is 517 g/mol. The maximum absolute atomic E-state index is 14.0. The number of benzene rings is 2. The Labute approximate surface area is 218 Å². The smallest absolute Gasteiger partial charge is 0.256 e. The van der Waals surface area contributed by atoms with Crippen LogP contribution in [0.1, 0.15) is 61.9 Å². The van der Waals surface area contributed by atoms with Crippen LogP contribution in [0.25, 0.3) is 0 Å². The van der Waals surface area contributed by atoms with Crippen molar-refractivity contribution >= 4 is 35.0 Å². The number of hydrogen-bond donors (Lipinski definition) is 0. The minimum Gasteiger partial charge on any atom is -0.491 e. The predicted molar refractivity (Wildman–Crippen MR) is 140 cm³/mol. The van der Waals surface area contributed by atoms with E-state index in [9.17, 15) is 9.59 Å². The normalized spacial score (nSPS) is 19.1. The number of piperidine rings is 1. The summed E-state index contributed by atoms with van der Waals surface area (Å²) in [7, 11) is 0. The number of amides is 2. The lowest BCUT2D eigenvalue weighted by molar-refractivity contribution is -0.148. The lowest BCUT2D eigenvalue weighted by Crippen LogP contribution is -2.53. The fourth-order valence-corrected chi connectivity index (χ4v) is 5.91. The van der Waals surface area contributed by atoms with Gasteiger partial charge in [-0.25, -0.2) is 0 Å². The summed E-state index contributed by atoms with van der Waals surface area (Å²) >= 11 is 12.6. The van der Waals surface area contributed by atoms with E-state index in [2.05, 4.69) is 26.0 Å². The maximum atomic E-state index is 14.0. The molecule has 35 heavy (non-hydrogen) atoms. The van der Waals surface area contributed by atoms with Crippen molar-refractivity contribution in [2.24, 2.45) is 5.41 Å². The lowest BCUT2D eigenvalue weighted by Gasteiger charge is -2.44. The first-order valence-electron chi connectivity index (χ1n) is 12.6. The molecule has 0 aliphatic carbocycles. The molecule has 0 N–H and O–H groups in total. The van der Waals surface area contributed by atoms with Gasteiger partial charge in [0.05, 0.1) is 27.6 Å². The minimum absolute atomic E-state index is 0.0720. The number of para-hydroxylation sites is 1. The van der Waals surface area contributed by atoms with Crippen molar-refractivity contribution in [3.8, 4) is 5.75 Å². The van der Waals surface area contributed by atoms with E-state index in [1.807, 2.05) is 17.0 Å². The van der Waals surface area contributed by atoms with Gasteiger partial charge >= 0.3 is 0 Å². The number of likely N-dealkylation sites (tertiary alicyclic amines) is 1. The summed E-state index contributed by atoms with van der Waals surface area (Å²) in [5, 5.41) is 0.715. The van der Waals surface area contributed by atoms with Crippen LogP contribution < -0.4 is 4.74 Å². The molecule has 0 saturated carbocycles. The van der Waals surface area contributed by atoms with Crippen molar-refractivity contribution in [2.75, 3.05) is 26.2 Å². The molecule has 2 aromatic rings. The van der Waals surface area contributed by atoms with Crippen molar-refractivity contribution in [2.45, 2.75) is 58.4 Å². The van der Waals surface area contributed by atoms with E-state index in [-0.39, 0.29) is 17.9 Å². The van der Waals surface area contributed by atoms with Crippen LogP contribution in [0.5, 0.6) is 5.75 Å². The second kappa shape index (κ2) is 11.2. The number of carbonyl (C=O) groups excluding carboxylic acids is 2. The zero-order valence-corrected chi connectivity index (χ0v) is 22.1. The highest BCUT2D eigenvalue weighted by molar-refractivity contribution is 6.39. The molecule has 0 radical (unpaired) electrons. The number of ether oxygens (including phenoxy) is 1. The second-order valence-electron chi connectivity index (χ2n) is 9.92. The van der Waals surface area contributed by atoms with Crippen molar-refractivity contribution < 1.29 is 14.3 Å². The molecule has 4 rings (SSSR count). The number of halogens is 2. The fourth-order valence-electron chi connectivity index (χ4n) is 5.35. The molecule has 2 amide bonds. The summed E-state index contributed by atoms with van der Waals surface area (Å²) in [4.78, 5) is 31.0. The Morgan fingerprint density at radius 2 is 1.63 bits per heavy atom. The fraction of sp³-hybridized carbons (Fsp3) is 0.500. The van der Waals surface area contributed by atoms with Crippen molar-refractivity contribution in [1.82, 2.24) is 9.80 Å². The molecule has 0 aromatic heterocycles. The van der Waals surface area contributed by atoms with Crippen LogP contribution in [0.2, 0.25) is 10.0 Å². The molecule has 1 fully saturated rings. The van der Waals surface area contributed by atoms with E-state index in [4.69, 9.17) is 27.9 Å². The molecule has 0 atom stereocenters. The van der Waals surface area contributed by atoms with E-state index >= 15 is 0 Å². The summed E-state index contributed by atoms with van der Waals surface area (Å²) in [6.45, 7) is 6.15. The van der Waals surface area contributed by atoms with Gasteiger partial charge in [0.2, 0.25) is 5.91 Å². The molecule has 7 heteroatoms. The van der Waals surface area contributed by atoms with Gasteiger partial charge in [0.15, 0.2) is 0 Å². The Balaban J connectivity index is 1.53. The van der Waals surface area contributed by atoms with Gasteiger partial charge in [-0.05, 0) is 69.7 Å². The summed E-state index contributed by atoms with van der Waals surface area (Å²) in [6.07, 6.45) is 4.99. The molecule has 1 spiro atoms. The molecule has 0 bridgehead atoms. The zero-order valence-electron chi connectivity index (χ0n) is 20.6. The molecule has 188 valence electrons. The highest BCUT2D eigenvalue weighted by atomic mass is 35.5. The van der Waals surface area contributed by atoms with Crippen LogP contribution in [0.4, 0.5) is 0 Å². The lowest BCUT2D eigenvalue weighted by atomic mass is 9.72. The highest BCUT2D eigenvalue weighted by Crippen LogP contribution is 2.40. The maximum Gasteiger partial charge on any atom is 0.256 e. The third kappa shape index (κ3) is 5.62. The molecule has 2 heterocycles. The number of hydrogen-bond acceptors (Lipinski definition) is 3. The summed E-state index contributed by atoms with van der Waals surface area (Å²) in [6, 6.07) is 13.4. The molecule has 0 unspecified atom stereocenters. The van der Waals surface area contributed by atoms with Crippen LogP contribution in [-0.2, 0) is 11.2 Å². The van der Waals surface area contributed by atoms with Gasteiger partial charge in [-0.1, -0.05) is 53.9 Å². The molecule has 2 aliphatic heterocycles. The monoisotopic (exact) mass is 516 g/mol. The topological polar surface area (TPSA) is 49.9 Å². The molecule has 2 aliphatic rings. The van der Waals surface area contributed by atoms with E-state index in [0.29, 0.717) is 54.7 Å². The first kappa shape index (κ1) is 25.8. The van der Waals surface area contributed by atoms with Crippen LogP contribution in [0.3, 0.4) is 0 Å². The molecular weight excluding hydrogens is 483 g/mol. The van der Waals surface area contributed by atoms with Gasteiger partial charge in [0, 0.05) is 19.1 Å². The van der Waals surface area contributed by atoms with Crippen LogP contribution >= 0.6 is 23.2 Å². The molecule has 1 saturated heterocycles. The predicted octanol–water partition coefficient (Wildman–Crippen LogP) is 6.26. The number of nitrogens with zero attached hydrogens (tertiary/aromatic N) is 2. The van der Waals surface area contributed by atoms with Crippen LogP contribution in [0, 0.1) is 5.41 Å². The van der Waals surface area contributed by atoms with Crippen molar-refractivity contribution in [3.63, 3.8) is 0 Å². The van der Waals surface area contributed by atoms with Gasteiger partial charge in [-0.2, -0.15) is 0 Å². The SMILES string of the molecule is CC(C)N1CCOc2ccccc2CCCCC2(CCN(C(=O)c3c(Cl)cccc3Cl)CC2)C1=O. The third-order valence-electron chi connectivity index (χ3n) is 7.44. The first-order valence-corrected chi connectivity index (χ1v) is 13.3. The van der Waals surface area contributed by atoms with Gasteiger partial charge in [0.25, 0.3) is 5.91 Å². The Morgan fingerprint density at radius 1 is 0.943 bits per heavy atom. The largest absolute Gasteiger partial charge is 0.491 e. The molecule has 5 nitrogen and oxygen atoms in total. The van der Waals surface area contributed by atoms with Gasteiger partial charge in [0.1, 0.15) is 12.4 Å². The van der Waals surface area contributed by atoms with Crippen molar-refractivity contribution in [1.29, 1.82) is 0 Å². The summed E-state index contributed by atoms with van der Waals surface area (Å²) in [5.74, 6) is 0.943. The van der Waals surface area contributed by atoms with Gasteiger partial charge in [-0.3, -0.25) is 9.59 Å². The molecule has 2 aromatic carbocycles. The van der Waals surface area contributed by atoms with E-state index in [1.165, 1.54) is 5.56 Å². The van der Waals surface area contributed by atoms with E-state index < -0.39 is 5.41 Å². The number of aryl methyl sites for hydroxylation is 1. The minimum atomic E-state index is -0.468. The summed E-state index contributed by atoms with van der Waals surface area (Å²) < 4.78 is 6.11. The first-order chi connectivity index (χ1) is 16.8. The van der Waals surface area contributed by atoms with Crippen LogP contribution in [-0.4, -0.2) is 53.9 Å². The average Bonchev–Trinajstić information content (AvgIpc) is 2.84. The quantitative estimate of drug-likeness (QED) is 0.473. The Bertz CT molecular complexity index is 1040. The van der Waals surface area contributed by atoms with Gasteiger partial charge < -0.3 is 14.5 Å². The number of rotatable bonds is 2. The Morgan fingerprint density at radius 3 is 2.31 bits per heavy atom. The summed E-state index contributed by atoms with van der Waals surface area (Å²) in [5.41, 5.74) is 1.10. The second-order valence-corrected chi connectivity index (χ2v) is 10.7. The van der Waals surface area contributed by atoms with Crippen molar-refractivity contribution in [3.05, 3.63) is 63.6 Å².